The highest BCUT2D eigenvalue weighted by molar-refractivity contribution is 8.13. The molecule has 0 aliphatic carbocycles. The lowest BCUT2D eigenvalue weighted by Crippen LogP contribution is -2.32. The third-order valence-electron chi connectivity index (χ3n) is 3.01. The summed E-state index contributed by atoms with van der Waals surface area (Å²) in [5.41, 5.74) is 0. The van der Waals surface area contributed by atoms with Crippen LogP contribution >= 0.6 is 11.8 Å². The van der Waals surface area contributed by atoms with Gasteiger partial charge in [-0.15, -0.1) is 0 Å². The second-order valence-corrected chi connectivity index (χ2v) is 6.09. The number of amidine groups is 1. The molecule has 2 heterocycles. The first-order valence-corrected chi connectivity index (χ1v) is 7.83. The maximum atomic E-state index is 5.47. The Morgan fingerprint density at radius 3 is 2.89 bits per heavy atom. The van der Waals surface area contributed by atoms with Gasteiger partial charge >= 0.3 is 0 Å². The molecule has 1 aliphatic heterocycles. The van der Waals surface area contributed by atoms with E-state index in [1.165, 1.54) is 17.3 Å². The van der Waals surface area contributed by atoms with E-state index in [0.29, 0.717) is 0 Å². The minimum atomic E-state index is 0.826. The predicted octanol–water partition coefficient (Wildman–Crippen LogP) is 2.53. The first-order valence-electron chi connectivity index (χ1n) is 6.85. The number of hydrogen-bond donors (Lipinski definition) is 0. The molecule has 0 amide bonds. The van der Waals surface area contributed by atoms with Crippen LogP contribution in [-0.4, -0.2) is 54.4 Å². The van der Waals surface area contributed by atoms with Crippen molar-refractivity contribution < 1.29 is 4.42 Å². The fraction of sp³-hybridized carbons (Fsp3) is 0.643. The van der Waals surface area contributed by atoms with Crippen molar-refractivity contribution in [3.8, 4) is 0 Å². The number of rotatable bonds is 6. The van der Waals surface area contributed by atoms with Crippen LogP contribution in [0.15, 0.2) is 27.8 Å². The molecule has 5 heteroatoms. The van der Waals surface area contributed by atoms with E-state index >= 15 is 0 Å². The highest BCUT2D eigenvalue weighted by Gasteiger charge is 2.16. The van der Waals surface area contributed by atoms with E-state index in [2.05, 4.69) is 28.9 Å². The van der Waals surface area contributed by atoms with Crippen LogP contribution < -0.4 is 0 Å². The molecule has 1 aliphatic rings. The summed E-state index contributed by atoms with van der Waals surface area (Å²) in [7, 11) is 4.23. The summed E-state index contributed by atoms with van der Waals surface area (Å²) in [5.74, 6) is 2.19. The van der Waals surface area contributed by atoms with Crippen LogP contribution in [0.1, 0.15) is 18.6 Å². The lowest BCUT2D eigenvalue weighted by molar-refractivity contribution is 0.327. The molecule has 0 aromatic carbocycles. The smallest absolute Gasteiger partial charge is 0.159 e. The van der Waals surface area contributed by atoms with E-state index in [4.69, 9.17) is 4.42 Å². The maximum Gasteiger partial charge on any atom is 0.159 e. The standard InChI is InChI=1S/C14H23N3OS/c1-16(2)8-5-9-17(12-13-6-3-10-18-13)14-15-7-4-11-19-14/h3,6,10H,4-5,7-9,11-12H2,1-2H3. The highest BCUT2D eigenvalue weighted by atomic mass is 32.2. The van der Waals surface area contributed by atoms with E-state index in [0.717, 1.165) is 38.4 Å². The summed E-state index contributed by atoms with van der Waals surface area (Å²) in [6.45, 7) is 3.92. The molecule has 0 fully saturated rings. The normalized spacial score (nSPS) is 15.6. The van der Waals surface area contributed by atoms with Crippen molar-refractivity contribution in [1.82, 2.24) is 9.80 Å². The molecule has 0 N–H and O–H groups in total. The monoisotopic (exact) mass is 281 g/mol. The quantitative estimate of drug-likeness (QED) is 0.802. The minimum Gasteiger partial charge on any atom is -0.467 e. The molecule has 0 radical (unpaired) electrons. The van der Waals surface area contributed by atoms with Crippen LogP contribution in [0.25, 0.3) is 0 Å². The molecule has 0 saturated carbocycles. The van der Waals surface area contributed by atoms with Crippen molar-refractivity contribution in [3.05, 3.63) is 24.2 Å². The molecule has 0 unspecified atom stereocenters. The van der Waals surface area contributed by atoms with Gasteiger partial charge in [-0.1, -0.05) is 11.8 Å². The van der Waals surface area contributed by atoms with Gasteiger partial charge < -0.3 is 14.2 Å². The van der Waals surface area contributed by atoms with Crippen molar-refractivity contribution in [2.75, 3.05) is 39.5 Å². The minimum absolute atomic E-state index is 0.826. The highest BCUT2D eigenvalue weighted by Crippen LogP contribution is 2.18. The van der Waals surface area contributed by atoms with Crippen LogP contribution in [0, 0.1) is 0 Å². The number of hydrogen-bond acceptors (Lipinski definition) is 5. The zero-order valence-corrected chi connectivity index (χ0v) is 12.7. The van der Waals surface area contributed by atoms with Crippen molar-refractivity contribution in [2.24, 2.45) is 4.99 Å². The molecule has 2 rings (SSSR count). The van der Waals surface area contributed by atoms with Crippen molar-refractivity contribution in [1.29, 1.82) is 0 Å². The lowest BCUT2D eigenvalue weighted by atomic mass is 10.3. The average Bonchev–Trinajstić information content (AvgIpc) is 2.91. The van der Waals surface area contributed by atoms with Gasteiger partial charge in [-0.3, -0.25) is 4.99 Å². The van der Waals surface area contributed by atoms with E-state index in [1.54, 1.807) is 6.26 Å². The van der Waals surface area contributed by atoms with Crippen molar-refractivity contribution in [3.63, 3.8) is 0 Å². The van der Waals surface area contributed by atoms with Gasteiger partial charge in [0.2, 0.25) is 0 Å². The third-order valence-corrected chi connectivity index (χ3v) is 4.15. The van der Waals surface area contributed by atoms with Crippen LogP contribution in [0.2, 0.25) is 0 Å². The summed E-state index contributed by atoms with van der Waals surface area (Å²) < 4.78 is 5.47. The average molecular weight is 281 g/mol. The molecule has 0 spiro atoms. The molecule has 1 aromatic rings. The Balaban J connectivity index is 1.93. The largest absolute Gasteiger partial charge is 0.467 e. The van der Waals surface area contributed by atoms with Crippen molar-refractivity contribution in [2.45, 2.75) is 19.4 Å². The van der Waals surface area contributed by atoms with Gasteiger partial charge in [0.05, 0.1) is 12.8 Å². The third kappa shape index (κ3) is 4.91. The van der Waals surface area contributed by atoms with E-state index in [9.17, 15) is 0 Å². The van der Waals surface area contributed by atoms with Crippen LogP contribution in [0.5, 0.6) is 0 Å². The molecule has 4 nitrogen and oxygen atoms in total. The van der Waals surface area contributed by atoms with Gasteiger partial charge in [0.1, 0.15) is 5.76 Å². The van der Waals surface area contributed by atoms with Crippen LogP contribution in [0.4, 0.5) is 0 Å². The van der Waals surface area contributed by atoms with Gasteiger partial charge in [0.25, 0.3) is 0 Å². The Kier molecular flexibility index (Phi) is 5.79. The second-order valence-electron chi connectivity index (χ2n) is 5.02. The second kappa shape index (κ2) is 7.60. The number of thioether (sulfide) groups is 1. The summed E-state index contributed by atoms with van der Waals surface area (Å²) in [6.07, 6.45) is 4.08. The molecule has 0 atom stereocenters. The Morgan fingerprint density at radius 2 is 2.26 bits per heavy atom. The number of aliphatic imine (C=N–C) groups is 1. The van der Waals surface area contributed by atoms with Crippen LogP contribution in [0.3, 0.4) is 0 Å². The fourth-order valence-electron chi connectivity index (χ4n) is 2.05. The van der Waals surface area contributed by atoms with Crippen LogP contribution in [-0.2, 0) is 6.54 Å². The summed E-state index contributed by atoms with van der Waals surface area (Å²) in [5, 5.41) is 1.18. The lowest BCUT2D eigenvalue weighted by Gasteiger charge is -2.27. The van der Waals surface area contributed by atoms with E-state index < -0.39 is 0 Å². The zero-order valence-electron chi connectivity index (χ0n) is 11.8. The van der Waals surface area contributed by atoms with Gasteiger partial charge in [-0.05, 0) is 45.6 Å². The molecule has 1 aromatic heterocycles. The van der Waals surface area contributed by atoms with Gasteiger partial charge in [0.15, 0.2) is 5.17 Å². The Bertz CT molecular complexity index is 389. The topological polar surface area (TPSA) is 32.0 Å². The fourth-order valence-corrected chi connectivity index (χ4v) is 3.03. The predicted molar refractivity (Wildman–Crippen MR) is 81.7 cm³/mol. The maximum absolute atomic E-state index is 5.47. The van der Waals surface area contributed by atoms with Gasteiger partial charge in [0, 0.05) is 18.8 Å². The first kappa shape index (κ1) is 14.5. The van der Waals surface area contributed by atoms with Crippen molar-refractivity contribution >= 4 is 16.9 Å². The van der Waals surface area contributed by atoms with E-state index in [1.807, 2.05) is 23.9 Å². The molecular weight excluding hydrogens is 258 g/mol. The first-order chi connectivity index (χ1) is 9.25. The molecular formula is C14H23N3OS. The van der Waals surface area contributed by atoms with E-state index in [-0.39, 0.29) is 0 Å². The molecule has 19 heavy (non-hydrogen) atoms. The molecule has 0 bridgehead atoms. The SMILES string of the molecule is CN(C)CCCN(Cc1ccco1)C1=NCCCS1. The van der Waals surface area contributed by atoms with Gasteiger partial charge in [-0.2, -0.15) is 0 Å². The molecule has 0 saturated heterocycles. The summed E-state index contributed by atoms with van der Waals surface area (Å²) >= 11 is 1.87. The Morgan fingerprint density at radius 1 is 1.37 bits per heavy atom. The Labute approximate surface area is 119 Å². The molecule has 106 valence electrons. The summed E-state index contributed by atoms with van der Waals surface area (Å²) in [6, 6.07) is 3.98. The summed E-state index contributed by atoms with van der Waals surface area (Å²) in [4.78, 5) is 9.23. The number of nitrogens with zero attached hydrogens (tertiary/aromatic N) is 3. The zero-order chi connectivity index (χ0) is 13.5. The Hall–Kier alpha value is -0.940. The van der Waals surface area contributed by atoms with Gasteiger partial charge in [-0.25, -0.2) is 0 Å². The number of furan rings is 1.